The van der Waals surface area contributed by atoms with Crippen molar-refractivity contribution in [3.8, 4) is 17.2 Å². The Morgan fingerprint density at radius 2 is 0.851 bits per heavy atom. The molecule has 5 rings (SSSR count). The summed E-state index contributed by atoms with van der Waals surface area (Å²) >= 11 is 0. The molecule has 1 aliphatic heterocycles. The van der Waals surface area contributed by atoms with E-state index in [-0.39, 0.29) is 75.2 Å². The summed E-state index contributed by atoms with van der Waals surface area (Å²) in [6.07, 6.45) is -2.96. The fourth-order valence-corrected chi connectivity index (χ4v) is 9.27. The van der Waals surface area contributed by atoms with E-state index < -0.39 is 151 Å². The van der Waals surface area contributed by atoms with Crippen LogP contribution in [0, 0.1) is 0 Å². The number of aliphatic hydroxyl groups excluding tert-OH is 1. The minimum atomic E-state index is -1.94. The number of carboxylic acid groups (broad SMARTS) is 1. The van der Waals surface area contributed by atoms with Crippen molar-refractivity contribution < 1.29 is 83.1 Å². The Kier molecular flexibility index (Phi) is 25.5. The van der Waals surface area contributed by atoms with Gasteiger partial charge in [-0.2, -0.15) is 0 Å². The zero-order valence-electron chi connectivity index (χ0n) is 47.1. The Bertz CT molecular complexity index is 3100. The van der Waals surface area contributed by atoms with Crippen LogP contribution in [0.1, 0.15) is 67.2 Å². The van der Waals surface area contributed by atoms with Gasteiger partial charge in [0.25, 0.3) is 0 Å². The highest BCUT2D eigenvalue weighted by atomic mass is 16.4. The number of nitrogens with two attached hydrogens (primary N) is 4. The second-order valence-corrected chi connectivity index (χ2v) is 20.7. The molecule has 9 atom stereocenters. The average molecular weight is 1210 g/mol. The molecule has 9 unspecified atom stereocenters. The lowest BCUT2D eigenvalue weighted by Gasteiger charge is -2.31. The van der Waals surface area contributed by atoms with E-state index in [1.807, 2.05) is 0 Å². The number of carbonyl (C=O) groups is 12. The number of hydrogen-bond acceptors (Lipinski definition) is 17. The first-order valence-corrected chi connectivity index (χ1v) is 27.6. The molecule has 11 amide bonds. The first-order chi connectivity index (χ1) is 41.3. The molecule has 1 saturated heterocycles. The van der Waals surface area contributed by atoms with Crippen molar-refractivity contribution in [2.45, 2.75) is 125 Å². The van der Waals surface area contributed by atoms with E-state index in [2.05, 4.69) is 37.2 Å². The molecular weight excluding hydrogens is 1140 g/mol. The Balaban J connectivity index is 1.36. The number of hydrogen-bond donors (Lipinski definition) is 16. The fourth-order valence-electron chi connectivity index (χ4n) is 9.27. The van der Waals surface area contributed by atoms with Crippen LogP contribution in [0.2, 0.25) is 0 Å². The van der Waals surface area contributed by atoms with E-state index in [1.54, 1.807) is 30.3 Å². The van der Waals surface area contributed by atoms with Gasteiger partial charge in [0.1, 0.15) is 65.6 Å². The summed E-state index contributed by atoms with van der Waals surface area (Å²) in [7, 11) is 0. The summed E-state index contributed by atoms with van der Waals surface area (Å²) < 4.78 is 0. The predicted molar refractivity (Wildman–Crippen MR) is 307 cm³/mol. The van der Waals surface area contributed by atoms with Crippen LogP contribution in [0.25, 0.3) is 0 Å². The number of phenolic OH excluding ortho intramolecular Hbond substituents is 3. The van der Waals surface area contributed by atoms with Gasteiger partial charge in [0, 0.05) is 45.1 Å². The number of likely N-dealkylation sites (tertiary alicyclic amines) is 1. The van der Waals surface area contributed by atoms with Crippen molar-refractivity contribution in [3.63, 3.8) is 0 Å². The van der Waals surface area contributed by atoms with Crippen LogP contribution in [0.5, 0.6) is 17.2 Å². The lowest BCUT2D eigenvalue weighted by atomic mass is 10.0. The highest BCUT2D eigenvalue weighted by Gasteiger charge is 2.41. The summed E-state index contributed by atoms with van der Waals surface area (Å²) in [5.41, 5.74) is 23.6. The summed E-state index contributed by atoms with van der Waals surface area (Å²) in [6, 6.07) is 10.8. The first kappa shape index (κ1) is 67.6. The van der Waals surface area contributed by atoms with Gasteiger partial charge in [0.2, 0.25) is 65.0 Å². The number of aliphatic hydroxyl groups is 1. The van der Waals surface area contributed by atoms with Crippen LogP contribution in [0.3, 0.4) is 0 Å². The maximum absolute atomic E-state index is 14.8. The molecule has 4 aromatic carbocycles. The smallest absolute Gasteiger partial charge is 0.326 e. The Hall–Kier alpha value is -10.2. The van der Waals surface area contributed by atoms with Crippen molar-refractivity contribution in [2.75, 3.05) is 13.2 Å². The van der Waals surface area contributed by atoms with Gasteiger partial charge < -0.3 is 90.6 Å². The number of aromatic hydroxyl groups is 3. The first-order valence-electron chi connectivity index (χ1n) is 27.6. The SMILES string of the molecule is NC(=O)CCC(N)C(=O)NC(CCC(N)=O)C(=O)NC(Cc1ccc(O)cc1)C(=O)NC(CC(N)=O)C(=O)NC(CO)C(=O)NC(Cc1ccc(O)cc1)C(=O)N1CCCC1C(=O)NC(Cc1ccccc1)C(=O)NC(Cc1ccc(O)cc1)C(=O)O. The molecule has 0 aliphatic carbocycles. The molecule has 0 saturated carbocycles. The lowest BCUT2D eigenvalue weighted by Crippen LogP contribution is -2.61. The van der Waals surface area contributed by atoms with E-state index >= 15 is 0 Å². The minimum absolute atomic E-state index is 0.0414. The van der Waals surface area contributed by atoms with Crippen molar-refractivity contribution in [2.24, 2.45) is 22.9 Å². The number of phenols is 3. The quantitative estimate of drug-likeness (QED) is 0.0218. The Morgan fingerprint density at radius 1 is 0.460 bits per heavy atom. The van der Waals surface area contributed by atoms with Crippen molar-refractivity contribution in [3.05, 3.63) is 125 Å². The van der Waals surface area contributed by atoms with Gasteiger partial charge in [-0.05, 0) is 84.3 Å². The third-order valence-corrected chi connectivity index (χ3v) is 13.9. The highest BCUT2D eigenvalue weighted by Crippen LogP contribution is 2.22. The summed E-state index contributed by atoms with van der Waals surface area (Å²) in [4.78, 5) is 162. The van der Waals surface area contributed by atoms with Gasteiger partial charge >= 0.3 is 5.97 Å². The molecule has 1 fully saturated rings. The van der Waals surface area contributed by atoms with Gasteiger partial charge in [0.15, 0.2) is 0 Å². The summed E-state index contributed by atoms with van der Waals surface area (Å²) in [5, 5.41) is 67.4. The topological polar surface area (TPSA) is 498 Å². The van der Waals surface area contributed by atoms with Crippen molar-refractivity contribution in [1.29, 1.82) is 0 Å². The number of rotatable bonds is 33. The zero-order valence-corrected chi connectivity index (χ0v) is 47.1. The number of carbonyl (C=O) groups excluding carboxylic acids is 11. The summed E-state index contributed by atoms with van der Waals surface area (Å²) in [5.74, 6) is -12.7. The lowest BCUT2D eigenvalue weighted by molar-refractivity contribution is -0.143. The van der Waals surface area contributed by atoms with E-state index in [9.17, 15) is 83.1 Å². The largest absolute Gasteiger partial charge is 0.508 e. The molecule has 0 radical (unpaired) electrons. The predicted octanol–water partition coefficient (Wildman–Crippen LogP) is -3.73. The van der Waals surface area contributed by atoms with E-state index in [4.69, 9.17) is 22.9 Å². The number of aliphatic carboxylic acids is 1. The van der Waals surface area contributed by atoms with E-state index in [1.165, 1.54) is 72.8 Å². The minimum Gasteiger partial charge on any atom is -0.508 e. The van der Waals surface area contributed by atoms with Crippen LogP contribution in [0.15, 0.2) is 103 Å². The molecule has 0 aromatic heterocycles. The number of carboxylic acids is 1. The number of nitrogens with one attached hydrogen (secondary N) is 7. The molecular formula is C58H72N12O17. The number of primary amides is 3. The Morgan fingerprint density at radius 3 is 1.34 bits per heavy atom. The molecule has 4 aromatic rings. The van der Waals surface area contributed by atoms with Crippen molar-refractivity contribution >= 4 is 70.9 Å². The normalized spacial score (nSPS) is 15.5. The monoisotopic (exact) mass is 1210 g/mol. The molecule has 20 N–H and O–H groups in total. The van der Waals surface area contributed by atoms with Gasteiger partial charge in [-0.25, -0.2) is 4.79 Å². The number of amides is 11. The second kappa shape index (κ2) is 32.8. The fraction of sp³-hybridized carbons (Fsp3) is 0.379. The molecule has 29 nitrogen and oxygen atoms in total. The molecule has 0 spiro atoms. The maximum atomic E-state index is 14.8. The number of benzene rings is 4. The molecule has 1 heterocycles. The van der Waals surface area contributed by atoms with Crippen LogP contribution in [-0.4, -0.2) is 169 Å². The third-order valence-electron chi connectivity index (χ3n) is 13.9. The second-order valence-electron chi connectivity index (χ2n) is 20.7. The summed E-state index contributed by atoms with van der Waals surface area (Å²) in [6.45, 7) is -1.20. The van der Waals surface area contributed by atoms with Gasteiger partial charge in [0.05, 0.1) is 19.1 Å². The van der Waals surface area contributed by atoms with Gasteiger partial charge in [-0.1, -0.05) is 66.7 Å². The third kappa shape index (κ3) is 21.8. The van der Waals surface area contributed by atoms with Crippen LogP contribution in [0.4, 0.5) is 0 Å². The standard InChI is InChI=1S/C58H72N12O17/c59-38(20-22-47(60)75)50(78)63-39(21-23-48(61)76)51(79)64-40(26-32-8-14-35(72)15-9-32)52(80)65-42(29-49(62)77)54(82)69-45(30-71)55(83)67-43(27-33-10-16-36(73)17-11-33)57(85)70-24-4-7-46(70)56(84)66-41(25-31-5-2-1-3-6-31)53(81)68-44(58(86)87)28-34-12-18-37(74)19-13-34/h1-3,5-6,8-19,38-46,71-74H,4,7,20-30,59H2,(H2,60,75)(H2,61,76)(H2,62,77)(H,63,78)(H,64,79)(H,65,80)(H,66,84)(H,67,83)(H,68,81)(H,69,82)(H,86,87). The van der Waals surface area contributed by atoms with Gasteiger partial charge in [-0.15, -0.1) is 0 Å². The molecule has 466 valence electrons. The Labute approximate surface area is 498 Å². The van der Waals surface area contributed by atoms with Crippen LogP contribution in [-0.2, 0) is 83.2 Å². The maximum Gasteiger partial charge on any atom is 0.326 e. The number of nitrogens with zero attached hydrogens (tertiary/aromatic N) is 1. The highest BCUT2D eigenvalue weighted by molar-refractivity contribution is 5.99. The average Bonchev–Trinajstić information content (AvgIpc) is 2.57. The van der Waals surface area contributed by atoms with Gasteiger partial charge in [-0.3, -0.25) is 52.7 Å². The zero-order chi connectivity index (χ0) is 63.9. The molecule has 87 heavy (non-hydrogen) atoms. The van der Waals surface area contributed by atoms with Crippen molar-refractivity contribution in [1.82, 2.24) is 42.1 Å². The molecule has 0 bridgehead atoms. The van der Waals surface area contributed by atoms with Crippen LogP contribution >= 0.6 is 0 Å². The van der Waals surface area contributed by atoms with E-state index in [0.717, 1.165) is 4.90 Å². The molecule has 29 heteroatoms. The van der Waals surface area contributed by atoms with E-state index in [0.29, 0.717) is 22.3 Å². The van der Waals surface area contributed by atoms with Crippen LogP contribution < -0.4 is 60.2 Å². The molecule has 1 aliphatic rings.